The predicted molar refractivity (Wildman–Crippen MR) is 107 cm³/mol. The first-order chi connectivity index (χ1) is 13.0. The van der Waals surface area contributed by atoms with Crippen molar-refractivity contribution in [1.29, 1.82) is 0 Å². The van der Waals surface area contributed by atoms with E-state index in [-0.39, 0.29) is 23.9 Å². The molecule has 0 saturated carbocycles. The molecule has 6 nitrogen and oxygen atoms in total. The molecule has 2 aromatic carbocycles. The Morgan fingerprint density at radius 2 is 1.93 bits per heavy atom. The summed E-state index contributed by atoms with van der Waals surface area (Å²) >= 11 is 0. The van der Waals surface area contributed by atoms with Crippen LogP contribution in [0.15, 0.2) is 59.5 Å². The van der Waals surface area contributed by atoms with Crippen LogP contribution in [0.1, 0.15) is 25.6 Å². The van der Waals surface area contributed by atoms with Crippen LogP contribution in [0.3, 0.4) is 0 Å². The third-order valence-corrected chi connectivity index (χ3v) is 4.56. The van der Waals surface area contributed by atoms with E-state index in [2.05, 4.69) is 15.4 Å². The summed E-state index contributed by atoms with van der Waals surface area (Å²) in [5, 5.41) is 9.71. The molecule has 0 bridgehead atoms. The lowest BCUT2D eigenvalue weighted by atomic mass is 10.1. The quantitative estimate of drug-likeness (QED) is 0.583. The van der Waals surface area contributed by atoms with Crippen LogP contribution < -0.4 is 10.9 Å². The zero-order chi connectivity index (χ0) is 19.0. The Hall–Kier alpha value is -3.41. The standard InChI is InChI=1S/C21H20N4O2/c1-13(2)25-21(27)17-6-4-3-5-16(17)19(24-25)12-20(26)23-15-7-8-18-14(11-15)9-10-22-18/h3-11,13,22H,12H2,1-2H3,(H,23,26). The number of hydrogen-bond acceptors (Lipinski definition) is 3. The summed E-state index contributed by atoms with van der Waals surface area (Å²) in [6.07, 6.45) is 1.96. The Morgan fingerprint density at radius 3 is 2.70 bits per heavy atom. The van der Waals surface area contributed by atoms with Gasteiger partial charge in [0.05, 0.1) is 23.5 Å². The van der Waals surface area contributed by atoms with Crippen LogP contribution in [0, 0.1) is 0 Å². The first-order valence-electron chi connectivity index (χ1n) is 8.90. The highest BCUT2D eigenvalue weighted by atomic mass is 16.1. The molecule has 2 heterocycles. The molecule has 136 valence electrons. The SMILES string of the molecule is CC(C)n1nc(CC(=O)Nc2ccc3[nH]ccc3c2)c2ccccc2c1=O. The lowest BCUT2D eigenvalue weighted by molar-refractivity contribution is -0.115. The second kappa shape index (κ2) is 6.72. The fourth-order valence-electron chi connectivity index (χ4n) is 3.24. The number of carbonyl (C=O) groups excluding carboxylic acids is 1. The van der Waals surface area contributed by atoms with Crippen LogP contribution >= 0.6 is 0 Å². The molecule has 4 aromatic rings. The van der Waals surface area contributed by atoms with Crippen LogP contribution in [0.4, 0.5) is 5.69 Å². The molecule has 6 heteroatoms. The van der Waals surface area contributed by atoms with Crippen LogP contribution in [0.2, 0.25) is 0 Å². The third kappa shape index (κ3) is 3.21. The van der Waals surface area contributed by atoms with Crippen LogP contribution in [-0.2, 0) is 11.2 Å². The lowest BCUT2D eigenvalue weighted by Crippen LogP contribution is -2.27. The van der Waals surface area contributed by atoms with Gasteiger partial charge in [0.15, 0.2) is 0 Å². The zero-order valence-corrected chi connectivity index (χ0v) is 15.2. The van der Waals surface area contributed by atoms with Crippen molar-refractivity contribution in [3.8, 4) is 0 Å². The highest BCUT2D eigenvalue weighted by Gasteiger charge is 2.15. The Kier molecular flexibility index (Phi) is 4.24. The number of rotatable bonds is 4. The van der Waals surface area contributed by atoms with Crippen molar-refractivity contribution in [2.75, 3.05) is 5.32 Å². The van der Waals surface area contributed by atoms with Gasteiger partial charge >= 0.3 is 0 Å². The van der Waals surface area contributed by atoms with Crippen LogP contribution in [0.25, 0.3) is 21.7 Å². The minimum absolute atomic E-state index is 0.0834. The summed E-state index contributed by atoms with van der Waals surface area (Å²) in [6, 6.07) is 14.9. The number of aromatic amines is 1. The van der Waals surface area contributed by atoms with E-state index < -0.39 is 0 Å². The van der Waals surface area contributed by atoms with Gasteiger partial charge in [-0.2, -0.15) is 5.10 Å². The summed E-state index contributed by atoms with van der Waals surface area (Å²) < 4.78 is 1.44. The van der Waals surface area contributed by atoms with Crippen molar-refractivity contribution in [3.63, 3.8) is 0 Å². The maximum atomic E-state index is 12.6. The van der Waals surface area contributed by atoms with Gasteiger partial charge in [-0.15, -0.1) is 0 Å². The van der Waals surface area contributed by atoms with Gasteiger partial charge in [0.25, 0.3) is 5.56 Å². The topological polar surface area (TPSA) is 79.8 Å². The monoisotopic (exact) mass is 360 g/mol. The molecule has 0 saturated heterocycles. The highest BCUT2D eigenvalue weighted by molar-refractivity contribution is 5.97. The Bertz CT molecular complexity index is 1200. The number of hydrogen-bond donors (Lipinski definition) is 2. The summed E-state index contributed by atoms with van der Waals surface area (Å²) in [5.41, 5.74) is 2.21. The van der Waals surface area contributed by atoms with E-state index in [0.29, 0.717) is 11.1 Å². The number of anilines is 1. The molecule has 1 amide bonds. The molecule has 0 spiro atoms. The number of benzene rings is 2. The van der Waals surface area contributed by atoms with Gasteiger partial charge in [0, 0.05) is 28.2 Å². The number of nitrogens with one attached hydrogen (secondary N) is 2. The predicted octanol–water partition coefficient (Wildman–Crippen LogP) is 3.64. The minimum Gasteiger partial charge on any atom is -0.361 e. The van der Waals surface area contributed by atoms with Gasteiger partial charge < -0.3 is 10.3 Å². The first kappa shape index (κ1) is 17.0. The molecular formula is C21H20N4O2. The molecule has 0 atom stereocenters. The second-order valence-electron chi connectivity index (χ2n) is 6.84. The number of H-pyrrole nitrogens is 1. The minimum atomic E-state index is -0.170. The van der Waals surface area contributed by atoms with E-state index in [0.717, 1.165) is 22.0 Å². The molecule has 0 aliphatic rings. The molecule has 0 aliphatic heterocycles. The van der Waals surface area contributed by atoms with Crippen molar-refractivity contribution in [2.45, 2.75) is 26.3 Å². The molecule has 4 rings (SSSR count). The van der Waals surface area contributed by atoms with Gasteiger partial charge in [-0.3, -0.25) is 9.59 Å². The second-order valence-corrected chi connectivity index (χ2v) is 6.84. The third-order valence-electron chi connectivity index (χ3n) is 4.56. The largest absolute Gasteiger partial charge is 0.361 e. The molecule has 2 N–H and O–H groups in total. The van der Waals surface area contributed by atoms with E-state index in [1.165, 1.54) is 4.68 Å². The number of aromatic nitrogens is 3. The van der Waals surface area contributed by atoms with Crippen LogP contribution in [-0.4, -0.2) is 20.7 Å². The lowest BCUT2D eigenvalue weighted by Gasteiger charge is -2.13. The average molecular weight is 360 g/mol. The zero-order valence-electron chi connectivity index (χ0n) is 15.2. The summed E-state index contributed by atoms with van der Waals surface area (Å²) in [6.45, 7) is 3.80. The van der Waals surface area contributed by atoms with Crippen molar-refractivity contribution in [1.82, 2.24) is 14.8 Å². The number of fused-ring (bicyclic) bond motifs is 2. The Morgan fingerprint density at radius 1 is 1.15 bits per heavy atom. The molecule has 2 aromatic heterocycles. The maximum Gasteiger partial charge on any atom is 0.274 e. The summed E-state index contributed by atoms with van der Waals surface area (Å²) in [5.74, 6) is -0.170. The number of nitrogens with zero attached hydrogens (tertiary/aromatic N) is 2. The maximum absolute atomic E-state index is 12.6. The summed E-state index contributed by atoms with van der Waals surface area (Å²) in [4.78, 5) is 28.3. The number of carbonyl (C=O) groups is 1. The van der Waals surface area contributed by atoms with Crippen molar-refractivity contribution in [3.05, 3.63) is 70.8 Å². The Balaban J connectivity index is 1.66. The fraction of sp³-hybridized carbons (Fsp3) is 0.190. The van der Waals surface area contributed by atoms with Crippen molar-refractivity contribution >= 4 is 33.3 Å². The van der Waals surface area contributed by atoms with Crippen molar-refractivity contribution in [2.24, 2.45) is 0 Å². The molecular weight excluding hydrogens is 340 g/mol. The Labute approximate surface area is 155 Å². The molecule has 27 heavy (non-hydrogen) atoms. The smallest absolute Gasteiger partial charge is 0.274 e. The van der Waals surface area contributed by atoms with E-state index >= 15 is 0 Å². The van der Waals surface area contributed by atoms with Crippen LogP contribution in [0.5, 0.6) is 0 Å². The highest BCUT2D eigenvalue weighted by Crippen LogP contribution is 2.19. The van der Waals surface area contributed by atoms with Gasteiger partial charge in [-0.25, -0.2) is 4.68 Å². The number of amides is 1. The molecule has 0 fully saturated rings. The van der Waals surface area contributed by atoms with E-state index in [1.807, 2.05) is 62.5 Å². The van der Waals surface area contributed by atoms with Crippen molar-refractivity contribution < 1.29 is 4.79 Å². The van der Waals surface area contributed by atoms with Gasteiger partial charge in [0.2, 0.25) is 5.91 Å². The molecule has 0 unspecified atom stereocenters. The average Bonchev–Trinajstić information content (AvgIpc) is 3.11. The van der Waals surface area contributed by atoms with E-state index in [4.69, 9.17) is 0 Å². The molecule has 0 radical (unpaired) electrons. The molecule has 0 aliphatic carbocycles. The van der Waals surface area contributed by atoms with E-state index in [9.17, 15) is 9.59 Å². The van der Waals surface area contributed by atoms with Gasteiger partial charge in [-0.05, 0) is 44.2 Å². The fourth-order valence-corrected chi connectivity index (χ4v) is 3.24. The summed E-state index contributed by atoms with van der Waals surface area (Å²) in [7, 11) is 0. The van der Waals surface area contributed by atoms with E-state index in [1.54, 1.807) is 6.07 Å². The van der Waals surface area contributed by atoms with Gasteiger partial charge in [-0.1, -0.05) is 18.2 Å². The first-order valence-corrected chi connectivity index (χ1v) is 8.90. The normalized spacial score (nSPS) is 11.4. The van der Waals surface area contributed by atoms with Gasteiger partial charge in [0.1, 0.15) is 0 Å².